The molecule has 0 heterocycles. The Kier molecular flexibility index (Phi) is 5.96. The highest BCUT2D eigenvalue weighted by atomic mass is 19.4. The van der Waals surface area contributed by atoms with Gasteiger partial charge < -0.3 is 10.1 Å². The van der Waals surface area contributed by atoms with Crippen molar-refractivity contribution in [1.82, 2.24) is 5.32 Å². The second kappa shape index (κ2) is 7.29. The SMILES string of the molecule is CC(C)C(=O)CC(=O)N[C@@H](C)c1cccc(OC(F)(F)F)c1. The Morgan fingerprint density at radius 3 is 2.41 bits per heavy atom. The summed E-state index contributed by atoms with van der Waals surface area (Å²) in [6.45, 7) is 5.00. The van der Waals surface area contributed by atoms with E-state index in [2.05, 4.69) is 10.1 Å². The first-order valence-corrected chi connectivity index (χ1v) is 6.76. The van der Waals surface area contributed by atoms with Gasteiger partial charge in [0.15, 0.2) is 0 Å². The number of Topliss-reactive ketones (excluding diaryl/α,β-unsaturated/α-hetero) is 1. The molecule has 122 valence electrons. The highest BCUT2D eigenvalue weighted by Gasteiger charge is 2.31. The molecule has 0 bridgehead atoms. The number of carbonyl (C=O) groups excluding carboxylic acids is 2. The van der Waals surface area contributed by atoms with Gasteiger partial charge in [0.05, 0.1) is 12.5 Å². The quantitative estimate of drug-likeness (QED) is 0.818. The van der Waals surface area contributed by atoms with Crippen LogP contribution in [0.5, 0.6) is 5.75 Å². The van der Waals surface area contributed by atoms with Crippen molar-refractivity contribution in [2.24, 2.45) is 5.92 Å². The van der Waals surface area contributed by atoms with Crippen LogP contribution >= 0.6 is 0 Å². The van der Waals surface area contributed by atoms with E-state index >= 15 is 0 Å². The Balaban J connectivity index is 2.69. The molecule has 7 heteroatoms. The molecule has 22 heavy (non-hydrogen) atoms. The number of hydrogen-bond acceptors (Lipinski definition) is 3. The molecule has 0 fully saturated rings. The van der Waals surface area contributed by atoms with E-state index in [9.17, 15) is 22.8 Å². The van der Waals surface area contributed by atoms with Crippen LogP contribution in [0.1, 0.15) is 38.8 Å². The summed E-state index contributed by atoms with van der Waals surface area (Å²) in [6, 6.07) is 4.80. The van der Waals surface area contributed by atoms with Gasteiger partial charge in [0.25, 0.3) is 0 Å². The van der Waals surface area contributed by atoms with Crippen molar-refractivity contribution < 1.29 is 27.5 Å². The van der Waals surface area contributed by atoms with Gasteiger partial charge in [-0.05, 0) is 24.6 Å². The van der Waals surface area contributed by atoms with E-state index in [-0.39, 0.29) is 23.9 Å². The lowest BCUT2D eigenvalue weighted by Crippen LogP contribution is -2.29. The lowest BCUT2D eigenvalue weighted by Gasteiger charge is -2.16. The molecule has 0 spiro atoms. The number of rotatable bonds is 6. The van der Waals surface area contributed by atoms with E-state index in [1.165, 1.54) is 18.2 Å². The highest BCUT2D eigenvalue weighted by molar-refractivity contribution is 5.98. The van der Waals surface area contributed by atoms with E-state index in [0.29, 0.717) is 5.56 Å². The molecule has 0 aliphatic rings. The Labute approximate surface area is 126 Å². The van der Waals surface area contributed by atoms with E-state index in [4.69, 9.17) is 0 Å². The van der Waals surface area contributed by atoms with Gasteiger partial charge in [-0.25, -0.2) is 0 Å². The van der Waals surface area contributed by atoms with Crippen LogP contribution in [0.3, 0.4) is 0 Å². The monoisotopic (exact) mass is 317 g/mol. The first kappa shape index (κ1) is 18.0. The second-order valence-corrected chi connectivity index (χ2v) is 5.21. The molecule has 0 saturated carbocycles. The topological polar surface area (TPSA) is 55.4 Å². The maximum absolute atomic E-state index is 12.2. The summed E-state index contributed by atoms with van der Waals surface area (Å²) in [7, 11) is 0. The van der Waals surface area contributed by atoms with E-state index in [1.807, 2.05) is 0 Å². The van der Waals surface area contributed by atoms with Crippen LogP contribution in [0.15, 0.2) is 24.3 Å². The third-order valence-corrected chi connectivity index (χ3v) is 2.95. The fraction of sp³-hybridized carbons (Fsp3) is 0.467. The number of nitrogens with one attached hydrogen (secondary N) is 1. The van der Waals surface area contributed by atoms with Crippen molar-refractivity contribution in [3.8, 4) is 5.75 Å². The van der Waals surface area contributed by atoms with Crippen LogP contribution in [-0.2, 0) is 9.59 Å². The van der Waals surface area contributed by atoms with Gasteiger partial charge in [-0.3, -0.25) is 9.59 Å². The number of carbonyl (C=O) groups is 2. The summed E-state index contributed by atoms with van der Waals surface area (Å²) in [4.78, 5) is 23.2. The molecule has 1 rings (SSSR count). The Bertz CT molecular complexity index is 541. The smallest absolute Gasteiger partial charge is 0.406 e. The van der Waals surface area contributed by atoms with Gasteiger partial charge in [-0.15, -0.1) is 13.2 Å². The number of alkyl halides is 3. The van der Waals surface area contributed by atoms with Crippen molar-refractivity contribution in [2.75, 3.05) is 0 Å². The lowest BCUT2D eigenvalue weighted by molar-refractivity contribution is -0.274. The minimum Gasteiger partial charge on any atom is -0.406 e. The van der Waals surface area contributed by atoms with E-state index < -0.39 is 18.3 Å². The van der Waals surface area contributed by atoms with Gasteiger partial charge in [0.1, 0.15) is 11.5 Å². The number of ketones is 1. The Morgan fingerprint density at radius 1 is 1.23 bits per heavy atom. The highest BCUT2D eigenvalue weighted by Crippen LogP contribution is 2.25. The molecule has 0 aromatic heterocycles. The molecule has 0 unspecified atom stereocenters. The van der Waals surface area contributed by atoms with Crippen LogP contribution in [0.4, 0.5) is 13.2 Å². The molecule has 0 saturated heterocycles. The van der Waals surface area contributed by atoms with Crippen LogP contribution < -0.4 is 10.1 Å². The largest absolute Gasteiger partial charge is 0.573 e. The maximum atomic E-state index is 12.2. The summed E-state index contributed by atoms with van der Waals surface area (Å²) >= 11 is 0. The molecule has 1 amide bonds. The first-order chi connectivity index (χ1) is 10.1. The molecular formula is C15H18F3NO3. The number of hydrogen-bond donors (Lipinski definition) is 1. The third kappa shape index (κ3) is 6.15. The Morgan fingerprint density at radius 2 is 1.86 bits per heavy atom. The molecule has 1 N–H and O–H groups in total. The van der Waals surface area contributed by atoms with Crippen molar-refractivity contribution in [1.29, 1.82) is 0 Å². The van der Waals surface area contributed by atoms with Gasteiger partial charge in [0.2, 0.25) is 5.91 Å². The molecule has 1 aromatic rings. The van der Waals surface area contributed by atoms with Crippen molar-refractivity contribution in [2.45, 2.75) is 39.6 Å². The van der Waals surface area contributed by atoms with E-state index in [1.54, 1.807) is 26.8 Å². The minimum absolute atomic E-state index is 0.196. The molecule has 0 aliphatic heterocycles. The molecule has 0 radical (unpaired) electrons. The zero-order chi connectivity index (χ0) is 16.9. The summed E-state index contributed by atoms with van der Waals surface area (Å²) in [5.41, 5.74) is 0.451. The predicted molar refractivity (Wildman–Crippen MR) is 74.1 cm³/mol. The maximum Gasteiger partial charge on any atom is 0.573 e. The van der Waals surface area contributed by atoms with Gasteiger partial charge in [0, 0.05) is 5.92 Å². The van der Waals surface area contributed by atoms with Gasteiger partial charge in [-0.1, -0.05) is 26.0 Å². The third-order valence-electron chi connectivity index (χ3n) is 2.95. The average Bonchev–Trinajstić information content (AvgIpc) is 2.36. The second-order valence-electron chi connectivity index (χ2n) is 5.21. The van der Waals surface area contributed by atoms with Crippen LogP contribution in [0.2, 0.25) is 0 Å². The molecular weight excluding hydrogens is 299 g/mol. The molecule has 1 aromatic carbocycles. The van der Waals surface area contributed by atoms with Gasteiger partial charge in [-0.2, -0.15) is 0 Å². The first-order valence-electron chi connectivity index (χ1n) is 6.76. The molecule has 0 aliphatic carbocycles. The standard InChI is InChI=1S/C15H18F3NO3/c1-9(2)13(20)8-14(21)19-10(3)11-5-4-6-12(7-11)22-15(16,17)18/h4-7,9-10H,8H2,1-3H3,(H,19,21)/t10-/m0/s1. The van der Waals surface area contributed by atoms with Gasteiger partial charge >= 0.3 is 6.36 Å². The van der Waals surface area contributed by atoms with Crippen LogP contribution in [0, 0.1) is 5.92 Å². The normalized spacial score (nSPS) is 12.9. The zero-order valence-corrected chi connectivity index (χ0v) is 12.5. The molecule has 4 nitrogen and oxygen atoms in total. The van der Waals surface area contributed by atoms with Crippen molar-refractivity contribution >= 4 is 11.7 Å². The Hall–Kier alpha value is -2.05. The molecule has 1 atom stereocenters. The number of ether oxygens (including phenoxy) is 1. The number of halogens is 3. The summed E-state index contributed by atoms with van der Waals surface area (Å²) in [5, 5.41) is 2.58. The minimum atomic E-state index is -4.77. The average molecular weight is 317 g/mol. The van der Waals surface area contributed by atoms with Crippen molar-refractivity contribution in [3.05, 3.63) is 29.8 Å². The van der Waals surface area contributed by atoms with Crippen molar-refractivity contribution in [3.63, 3.8) is 0 Å². The van der Waals surface area contributed by atoms with E-state index in [0.717, 1.165) is 0 Å². The summed E-state index contributed by atoms with van der Waals surface area (Å²) < 4.78 is 40.3. The lowest BCUT2D eigenvalue weighted by atomic mass is 10.0. The zero-order valence-electron chi connectivity index (χ0n) is 12.5. The van der Waals surface area contributed by atoms with Crippen LogP contribution in [0.25, 0.3) is 0 Å². The predicted octanol–water partition coefficient (Wildman–Crippen LogP) is 3.38. The summed E-state index contributed by atoms with van der Waals surface area (Å²) in [5.74, 6) is -1.26. The fourth-order valence-corrected chi connectivity index (χ4v) is 1.72. The van der Waals surface area contributed by atoms with Crippen LogP contribution in [-0.4, -0.2) is 18.1 Å². The fourth-order valence-electron chi connectivity index (χ4n) is 1.72. The number of amides is 1. The summed E-state index contributed by atoms with van der Waals surface area (Å²) in [6.07, 6.45) is -5.02. The number of benzene rings is 1.